The first-order valence-electron chi connectivity index (χ1n) is 9.82. The first-order valence-corrected chi connectivity index (χ1v) is 10.7. The zero-order valence-electron chi connectivity index (χ0n) is 16.2. The lowest BCUT2D eigenvalue weighted by Gasteiger charge is -2.29. The number of anilines is 2. The molecule has 0 saturated carbocycles. The number of amides is 1. The molecule has 7 heteroatoms. The van der Waals surface area contributed by atoms with Crippen LogP contribution in [0.2, 0.25) is 0 Å². The second-order valence-corrected chi connectivity index (χ2v) is 7.91. The van der Waals surface area contributed by atoms with Gasteiger partial charge in [0.25, 0.3) is 5.91 Å². The number of morpholine rings is 1. The third-order valence-electron chi connectivity index (χ3n) is 5.16. The average molecular weight is 417 g/mol. The van der Waals surface area contributed by atoms with Crippen molar-refractivity contribution in [1.29, 1.82) is 0 Å². The molecule has 1 aliphatic rings. The van der Waals surface area contributed by atoms with E-state index in [2.05, 4.69) is 44.5 Å². The molecule has 0 atom stereocenters. The number of thiazole rings is 1. The molecule has 5 rings (SSSR count). The van der Waals surface area contributed by atoms with Gasteiger partial charge >= 0.3 is 0 Å². The Morgan fingerprint density at radius 1 is 1.03 bits per heavy atom. The Bertz CT molecular complexity index is 1170. The van der Waals surface area contributed by atoms with Crippen LogP contribution in [0.1, 0.15) is 10.5 Å². The number of carbonyl (C=O) groups is 1. The molecule has 0 aliphatic carbocycles. The number of aromatic nitrogens is 2. The summed E-state index contributed by atoms with van der Waals surface area (Å²) in [4.78, 5) is 23.7. The van der Waals surface area contributed by atoms with Crippen LogP contribution in [0.5, 0.6) is 0 Å². The molecular weight excluding hydrogens is 396 g/mol. The van der Waals surface area contributed by atoms with Crippen molar-refractivity contribution in [3.05, 3.63) is 71.9 Å². The van der Waals surface area contributed by atoms with Crippen molar-refractivity contribution in [3.8, 4) is 11.1 Å². The molecule has 150 valence electrons. The smallest absolute Gasteiger partial charge is 0.276 e. The number of benzene rings is 2. The van der Waals surface area contributed by atoms with Gasteiger partial charge in [-0.3, -0.25) is 10.1 Å². The maximum absolute atomic E-state index is 12.6. The van der Waals surface area contributed by atoms with E-state index >= 15 is 0 Å². The van der Waals surface area contributed by atoms with E-state index in [-0.39, 0.29) is 5.91 Å². The highest BCUT2D eigenvalue weighted by Gasteiger charge is 2.14. The maximum Gasteiger partial charge on any atom is 0.276 e. The van der Waals surface area contributed by atoms with Crippen LogP contribution in [0, 0.1) is 0 Å². The van der Waals surface area contributed by atoms with Gasteiger partial charge in [0.2, 0.25) is 0 Å². The largest absolute Gasteiger partial charge is 0.378 e. The molecule has 0 radical (unpaired) electrons. The maximum atomic E-state index is 12.6. The van der Waals surface area contributed by atoms with Gasteiger partial charge in [-0.2, -0.15) is 0 Å². The molecule has 0 spiro atoms. The van der Waals surface area contributed by atoms with Gasteiger partial charge in [0.15, 0.2) is 5.13 Å². The zero-order chi connectivity index (χ0) is 20.3. The van der Waals surface area contributed by atoms with E-state index in [1.54, 1.807) is 12.3 Å². The van der Waals surface area contributed by atoms with Gasteiger partial charge in [0.05, 0.1) is 18.7 Å². The SMILES string of the molecule is O=C(Nc1nccs1)c1ccc2cccc(-c3ccc(N4CCOCC4)cc3)c2n1. The van der Waals surface area contributed by atoms with E-state index in [4.69, 9.17) is 4.74 Å². The number of nitrogens with one attached hydrogen (secondary N) is 1. The van der Waals surface area contributed by atoms with Crippen molar-refractivity contribution in [2.45, 2.75) is 0 Å². The van der Waals surface area contributed by atoms with Crippen molar-refractivity contribution in [2.75, 3.05) is 36.5 Å². The van der Waals surface area contributed by atoms with E-state index < -0.39 is 0 Å². The average Bonchev–Trinajstić information content (AvgIpc) is 3.32. The number of fused-ring (bicyclic) bond motifs is 1. The highest BCUT2D eigenvalue weighted by Crippen LogP contribution is 2.29. The highest BCUT2D eigenvalue weighted by atomic mass is 32.1. The minimum absolute atomic E-state index is 0.260. The van der Waals surface area contributed by atoms with E-state index in [1.807, 2.05) is 29.6 Å². The van der Waals surface area contributed by atoms with Gasteiger partial charge in [-0.25, -0.2) is 9.97 Å². The lowest BCUT2D eigenvalue weighted by Crippen LogP contribution is -2.36. The molecule has 6 nitrogen and oxygen atoms in total. The summed E-state index contributed by atoms with van der Waals surface area (Å²) in [6, 6.07) is 18.3. The zero-order valence-corrected chi connectivity index (χ0v) is 17.1. The molecule has 1 fully saturated rings. The standard InChI is InChI=1S/C23H20N4O2S/c28-22(26-23-24-10-15-30-23)20-9-6-17-2-1-3-19(21(17)25-20)16-4-7-18(8-5-16)27-11-13-29-14-12-27/h1-10,15H,11-14H2,(H,24,26,28). The Balaban J connectivity index is 1.47. The summed E-state index contributed by atoms with van der Waals surface area (Å²) in [5.41, 5.74) is 4.45. The van der Waals surface area contributed by atoms with Crippen molar-refractivity contribution in [1.82, 2.24) is 9.97 Å². The number of nitrogens with zero attached hydrogens (tertiary/aromatic N) is 3. The highest BCUT2D eigenvalue weighted by molar-refractivity contribution is 7.13. The lowest BCUT2D eigenvalue weighted by atomic mass is 10.0. The van der Waals surface area contributed by atoms with Gasteiger partial charge in [-0.05, 0) is 23.8 Å². The van der Waals surface area contributed by atoms with Gasteiger partial charge < -0.3 is 9.64 Å². The third-order valence-corrected chi connectivity index (χ3v) is 5.85. The van der Waals surface area contributed by atoms with Crippen molar-refractivity contribution in [3.63, 3.8) is 0 Å². The summed E-state index contributed by atoms with van der Waals surface area (Å²) in [6.07, 6.45) is 1.66. The summed E-state index contributed by atoms with van der Waals surface area (Å²) in [5, 5.41) is 6.18. The van der Waals surface area contributed by atoms with Gasteiger partial charge in [0.1, 0.15) is 5.69 Å². The van der Waals surface area contributed by atoms with Crippen LogP contribution in [0.25, 0.3) is 22.0 Å². The molecular formula is C23H20N4O2S. The number of pyridine rings is 1. The van der Waals surface area contributed by atoms with Gasteiger partial charge in [0, 0.05) is 41.3 Å². The lowest BCUT2D eigenvalue weighted by molar-refractivity contribution is 0.102. The van der Waals surface area contributed by atoms with Crippen molar-refractivity contribution < 1.29 is 9.53 Å². The fourth-order valence-corrected chi connectivity index (χ4v) is 4.15. The van der Waals surface area contributed by atoms with Crippen LogP contribution in [-0.2, 0) is 4.74 Å². The summed E-state index contributed by atoms with van der Waals surface area (Å²) < 4.78 is 5.44. The third kappa shape index (κ3) is 3.77. The molecule has 2 aromatic carbocycles. The summed E-state index contributed by atoms with van der Waals surface area (Å²) in [7, 11) is 0. The summed E-state index contributed by atoms with van der Waals surface area (Å²) in [6.45, 7) is 3.35. The fraction of sp³-hybridized carbons (Fsp3) is 0.174. The monoisotopic (exact) mass is 416 g/mol. The number of hydrogen-bond acceptors (Lipinski definition) is 6. The quantitative estimate of drug-likeness (QED) is 0.532. The van der Waals surface area contributed by atoms with E-state index in [1.165, 1.54) is 17.0 Å². The van der Waals surface area contributed by atoms with Crippen LogP contribution < -0.4 is 10.2 Å². The van der Waals surface area contributed by atoms with Crippen LogP contribution in [0.4, 0.5) is 10.8 Å². The summed E-state index contributed by atoms with van der Waals surface area (Å²) in [5.74, 6) is -0.260. The minimum atomic E-state index is -0.260. The second-order valence-electron chi connectivity index (χ2n) is 7.01. The van der Waals surface area contributed by atoms with E-state index in [9.17, 15) is 4.79 Å². The Morgan fingerprint density at radius 3 is 2.63 bits per heavy atom. The molecule has 1 saturated heterocycles. The van der Waals surface area contributed by atoms with Crippen molar-refractivity contribution in [2.24, 2.45) is 0 Å². The van der Waals surface area contributed by atoms with Crippen LogP contribution in [0.3, 0.4) is 0 Å². The number of para-hydroxylation sites is 1. The molecule has 2 aromatic heterocycles. The molecule has 1 N–H and O–H groups in total. The fourth-order valence-electron chi connectivity index (χ4n) is 3.63. The molecule has 30 heavy (non-hydrogen) atoms. The van der Waals surface area contributed by atoms with Gasteiger partial charge in [-0.15, -0.1) is 11.3 Å². The Morgan fingerprint density at radius 2 is 1.87 bits per heavy atom. The molecule has 0 bridgehead atoms. The van der Waals surface area contributed by atoms with Gasteiger partial charge in [-0.1, -0.05) is 36.4 Å². The molecule has 1 aliphatic heterocycles. The number of ether oxygens (including phenoxy) is 1. The van der Waals surface area contributed by atoms with E-state index in [0.29, 0.717) is 10.8 Å². The Labute approximate surface area is 178 Å². The molecule has 3 heterocycles. The number of hydrogen-bond donors (Lipinski definition) is 1. The molecule has 0 unspecified atom stereocenters. The van der Waals surface area contributed by atoms with Crippen molar-refractivity contribution >= 4 is 39.0 Å². The predicted octanol–water partition coefficient (Wildman–Crippen LogP) is 4.45. The van der Waals surface area contributed by atoms with Crippen LogP contribution in [-0.4, -0.2) is 42.2 Å². The normalized spacial score (nSPS) is 14.1. The number of rotatable bonds is 4. The topological polar surface area (TPSA) is 67.4 Å². The summed E-state index contributed by atoms with van der Waals surface area (Å²) >= 11 is 1.38. The first-order chi connectivity index (χ1) is 14.8. The van der Waals surface area contributed by atoms with Crippen LogP contribution >= 0.6 is 11.3 Å². The van der Waals surface area contributed by atoms with Crippen LogP contribution in [0.15, 0.2) is 66.2 Å². The molecule has 4 aromatic rings. The minimum Gasteiger partial charge on any atom is -0.378 e. The second kappa shape index (κ2) is 8.22. The van der Waals surface area contributed by atoms with E-state index in [0.717, 1.165) is 48.3 Å². The first kappa shape index (κ1) is 18.7. The predicted molar refractivity (Wildman–Crippen MR) is 120 cm³/mol. The Kier molecular flexibility index (Phi) is 5.13. The number of carbonyl (C=O) groups excluding carboxylic acids is 1. The Hall–Kier alpha value is -3.29. The molecule has 1 amide bonds.